The third kappa shape index (κ3) is 7.25. The quantitative estimate of drug-likeness (QED) is 0.554. The molecule has 1 rings (SSSR count). The van der Waals surface area contributed by atoms with Gasteiger partial charge in [-0.1, -0.05) is 12.8 Å². The number of rotatable bonds is 12. The normalized spacial score (nSPS) is 18.0. The Bertz CT molecular complexity index is 206. The van der Waals surface area contributed by atoms with Crippen molar-refractivity contribution in [2.24, 2.45) is 5.41 Å². The molecule has 0 aromatic carbocycles. The second-order valence-electron chi connectivity index (χ2n) is 5.59. The summed E-state index contributed by atoms with van der Waals surface area (Å²) in [7, 11) is 3.47. The molecule has 1 aliphatic carbocycles. The molecule has 0 aliphatic heterocycles. The highest BCUT2D eigenvalue weighted by molar-refractivity contribution is 4.86. The summed E-state index contributed by atoms with van der Waals surface area (Å²) in [6.07, 6.45) is 7.94. The van der Waals surface area contributed by atoms with E-state index in [1.165, 1.54) is 32.1 Å². The lowest BCUT2D eigenvalue weighted by Crippen LogP contribution is -2.34. The Labute approximate surface area is 118 Å². The van der Waals surface area contributed by atoms with Gasteiger partial charge < -0.3 is 19.5 Å². The van der Waals surface area contributed by atoms with Crippen LogP contribution < -0.4 is 5.32 Å². The highest BCUT2D eigenvalue weighted by atomic mass is 16.5. The van der Waals surface area contributed by atoms with Crippen molar-refractivity contribution in [3.63, 3.8) is 0 Å². The van der Waals surface area contributed by atoms with Gasteiger partial charge in [-0.15, -0.1) is 0 Å². The van der Waals surface area contributed by atoms with Gasteiger partial charge in [0, 0.05) is 33.9 Å². The van der Waals surface area contributed by atoms with E-state index in [9.17, 15) is 0 Å². The molecule has 1 saturated carbocycles. The van der Waals surface area contributed by atoms with Crippen LogP contribution in [0, 0.1) is 5.41 Å². The van der Waals surface area contributed by atoms with Gasteiger partial charge in [0.2, 0.25) is 0 Å². The molecule has 19 heavy (non-hydrogen) atoms. The Morgan fingerprint density at radius 3 is 2.37 bits per heavy atom. The lowest BCUT2D eigenvalue weighted by molar-refractivity contribution is 0.0633. The van der Waals surface area contributed by atoms with Crippen LogP contribution in [0.15, 0.2) is 0 Å². The van der Waals surface area contributed by atoms with Crippen molar-refractivity contribution in [1.29, 1.82) is 0 Å². The molecular formula is C15H31NO3. The van der Waals surface area contributed by atoms with E-state index < -0.39 is 0 Å². The third-order valence-corrected chi connectivity index (χ3v) is 4.07. The first-order valence-corrected chi connectivity index (χ1v) is 7.59. The van der Waals surface area contributed by atoms with E-state index in [0.717, 1.165) is 39.3 Å². The number of nitrogens with one attached hydrogen (secondary N) is 1. The lowest BCUT2D eigenvalue weighted by Gasteiger charge is -2.29. The summed E-state index contributed by atoms with van der Waals surface area (Å²) in [6, 6.07) is 0. The smallest absolute Gasteiger partial charge is 0.0700 e. The maximum atomic E-state index is 5.56. The topological polar surface area (TPSA) is 39.7 Å². The van der Waals surface area contributed by atoms with E-state index in [2.05, 4.69) is 5.32 Å². The summed E-state index contributed by atoms with van der Waals surface area (Å²) < 4.78 is 15.6. The molecule has 0 amide bonds. The summed E-state index contributed by atoms with van der Waals surface area (Å²) in [5.41, 5.74) is 0.512. The van der Waals surface area contributed by atoms with E-state index in [0.29, 0.717) is 12.0 Å². The van der Waals surface area contributed by atoms with Gasteiger partial charge in [-0.3, -0.25) is 0 Å². The minimum Gasteiger partial charge on any atom is -0.383 e. The van der Waals surface area contributed by atoms with E-state index >= 15 is 0 Å². The third-order valence-electron chi connectivity index (χ3n) is 4.07. The van der Waals surface area contributed by atoms with Crippen LogP contribution in [0.3, 0.4) is 0 Å². The highest BCUT2D eigenvalue weighted by Crippen LogP contribution is 2.41. The van der Waals surface area contributed by atoms with Crippen molar-refractivity contribution in [3.05, 3.63) is 0 Å². The maximum Gasteiger partial charge on any atom is 0.0700 e. The van der Waals surface area contributed by atoms with Gasteiger partial charge in [-0.2, -0.15) is 0 Å². The monoisotopic (exact) mass is 273 g/mol. The van der Waals surface area contributed by atoms with Crippen LogP contribution in [0.2, 0.25) is 0 Å². The lowest BCUT2D eigenvalue weighted by atomic mass is 9.81. The predicted molar refractivity (Wildman–Crippen MR) is 77.6 cm³/mol. The Kier molecular flexibility index (Phi) is 9.43. The Morgan fingerprint density at radius 2 is 1.68 bits per heavy atom. The molecule has 0 spiro atoms. The fraction of sp³-hybridized carbons (Fsp3) is 1.00. The first-order chi connectivity index (χ1) is 9.33. The van der Waals surface area contributed by atoms with Crippen molar-refractivity contribution in [2.75, 3.05) is 53.7 Å². The first-order valence-electron chi connectivity index (χ1n) is 7.59. The van der Waals surface area contributed by atoms with Gasteiger partial charge in [0.15, 0.2) is 0 Å². The molecule has 1 N–H and O–H groups in total. The molecule has 114 valence electrons. The van der Waals surface area contributed by atoms with Gasteiger partial charge in [-0.25, -0.2) is 0 Å². The molecule has 4 nitrogen and oxygen atoms in total. The molecule has 0 atom stereocenters. The first kappa shape index (κ1) is 16.9. The molecule has 0 radical (unpaired) electrons. The molecule has 0 saturated heterocycles. The van der Waals surface area contributed by atoms with Crippen LogP contribution in [-0.2, 0) is 14.2 Å². The molecule has 1 fully saturated rings. The van der Waals surface area contributed by atoms with Crippen LogP contribution in [0.25, 0.3) is 0 Å². The minimum atomic E-state index is 0.512. The molecule has 0 heterocycles. The second-order valence-corrected chi connectivity index (χ2v) is 5.59. The molecule has 1 aliphatic rings. The van der Waals surface area contributed by atoms with Crippen LogP contribution >= 0.6 is 0 Å². The molecule has 0 unspecified atom stereocenters. The molecular weight excluding hydrogens is 242 g/mol. The Morgan fingerprint density at radius 1 is 0.947 bits per heavy atom. The number of methoxy groups -OCH3 is 2. The summed E-state index contributed by atoms with van der Waals surface area (Å²) in [4.78, 5) is 0. The van der Waals surface area contributed by atoms with E-state index in [1.807, 2.05) is 0 Å². The number of hydrogen-bond donors (Lipinski definition) is 1. The summed E-state index contributed by atoms with van der Waals surface area (Å²) >= 11 is 0. The van der Waals surface area contributed by atoms with Crippen molar-refractivity contribution >= 4 is 0 Å². The highest BCUT2D eigenvalue weighted by Gasteiger charge is 2.32. The average molecular weight is 273 g/mol. The van der Waals surface area contributed by atoms with Gasteiger partial charge in [0.1, 0.15) is 0 Å². The SMILES string of the molecule is COCCNCC1(CCCOCCOC)CCCC1. The molecule has 4 heteroatoms. The summed E-state index contributed by atoms with van der Waals surface area (Å²) in [5, 5.41) is 3.54. The van der Waals surface area contributed by atoms with E-state index in [4.69, 9.17) is 14.2 Å². The zero-order valence-electron chi connectivity index (χ0n) is 12.7. The van der Waals surface area contributed by atoms with Crippen LogP contribution in [0.1, 0.15) is 38.5 Å². The zero-order chi connectivity index (χ0) is 13.8. The van der Waals surface area contributed by atoms with E-state index in [-0.39, 0.29) is 0 Å². The van der Waals surface area contributed by atoms with Crippen LogP contribution in [0.5, 0.6) is 0 Å². The summed E-state index contributed by atoms with van der Waals surface area (Å²) in [5.74, 6) is 0. The fourth-order valence-corrected chi connectivity index (χ4v) is 2.96. The fourth-order valence-electron chi connectivity index (χ4n) is 2.96. The predicted octanol–water partition coefficient (Wildman–Crippen LogP) is 2.23. The largest absolute Gasteiger partial charge is 0.383 e. The number of ether oxygens (including phenoxy) is 3. The van der Waals surface area contributed by atoms with Crippen molar-refractivity contribution in [2.45, 2.75) is 38.5 Å². The second kappa shape index (κ2) is 10.6. The van der Waals surface area contributed by atoms with Crippen LogP contribution in [0.4, 0.5) is 0 Å². The van der Waals surface area contributed by atoms with Gasteiger partial charge >= 0.3 is 0 Å². The van der Waals surface area contributed by atoms with Crippen molar-refractivity contribution in [1.82, 2.24) is 5.32 Å². The standard InChI is InChI=1S/C15H31NO3/c1-17-11-9-16-14-15(6-3-4-7-15)8-5-10-19-13-12-18-2/h16H,3-14H2,1-2H3. The van der Waals surface area contributed by atoms with E-state index in [1.54, 1.807) is 14.2 Å². The maximum absolute atomic E-state index is 5.56. The van der Waals surface area contributed by atoms with Crippen molar-refractivity contribution < 1.29 is 14.2 Å². The molecule has 0 bridgehead atoms. The van der Waals surface area contributed by atoms with Crippen molar-refractivity contribution in [3.8, 4) is 0 Å². The van der Waals surface area contributed by atoms with Gasteiger partial charge in [0.05, 0.1) is 19.8 Å². The number of hydrogen-bond acceptors (Lipinski definition) is 4. The minimum absolute atomic E-state index is 0.512. The average Bonchev–Trinajstić information content (AvgIpc) is 2.88. The Hall–Kier alpha value is -0.160. The van der Waals surface area contributed by atoms with Gasteiger partial charge in [-0.05, 0) is 31.1 Å². The molecule has 0 aromatic heterocycles. The Balaban J connectivity index is 2.12. The zero-order valence-corrected chi connectivity index (χ0v) is 12.7. The van der Waals surface area contributed by atoms with Gasteiger partial charge in [0.25, 0.3) is 0 Å². The summed E-state index contributed by atoms with van der Waals surface area (Å²) in [6.45, 7) is 5.18. The molecule has 0 aromatic rings. The van der Waals surface area contributed by atoms with Crippen LogP contribution in [-0.4, -0.2) is 53.7 Å².